The molecule has 0 radical (unpaired) electrons. The van der Waals surface area contributed by atoms with Crippen LogP contribution in [0.4, 0.5) is 5.13 Å². The molecular formula is C6H4Cl4N2OS. The number of thiazole rings is 1. The number of halogens is 4. The normalized spacial score (nSPS) is 11.4. The number of alkyl halides is 4. The lowest BCUT2D eigenvalue weighted by Crippen LogP contribution is -2.26. The molecule has 0 aliphatic heterocycles. The average molecular weight is 294 g/mol. The number of nitrogens with one attached hydrogen (secondary N) is 1. The Balaban J connectivity index is 2.65. The van der Waals surface area contributed by atoms with Crippen LogP contribution in [0.25, 0.3) is 0 Å². The Kier molecular flexibility index (Phi) is 4.28. The highest BCUT2D eigenvalue weighted by Crippen LogP contribution is 2.28. The van der Waals surface area contributed by atoms with Gasteiger partial charge in [0.2, 0.25) is 0 Å². The van der Waals surface area contributed by atoms with Crippen molar-refractivity contribution in [1.82, 2.24) is 4.98 Å². The molecule has 1 aromatic rings. The van der Waals surface area contributed by atoms with Crippen LogP contribution in [0.3, 0.4) is 0 Å². The minimum Gasteiger partial charge on any atom is -0.298 e. The summed E-state index contributed by atoms with van der Waals surface area (Å²) in [5.74, 6) is -0.460. The SMILES string of the molecule is O=C(Nc1nc(CCl)cs1)C(Cl)(Cl)Cl. The first-order chi connectivity index (χ1) is 6.43. The van der Waals surface area contributed by atoms with Gasteiger partial charge < -0.3 is 0 Å². The van der Waals surface area contributed by atoms with Crippen LogP contribution in [0.1, 0.15) is 5.69 Å². The van der Waals surface area contributed by atoms with Gasteiger partial charge in [0.15, 0.2) is 5.13 Å². The van der Waals surface area contributed by atoms with E-state index in [1.165, 1.54) is 11.3 Å². The Bertz CT molecular complexity index is 335. The third-order valence-electron chi connectivity index (χ3n) is 1.17. The van der Waals surface area contributed by atoms with Crippen LogP contribution in [0, 0.1) is 0 Å². The highest BCUT2D eigenvalue weighted by molar-refractivity contribution is 7.14. The summed E-state index contributed by atoms with van der Waals surface area (Å²) in [7, 11) is 0. The first kappa shape index (κ1) is 12.3. The molecule has 0 unspecified atom stereocenters. The molecule has 1 rings (SSSR count). The van der Waals surface area contributed by atoms with E-state index < -0.39 is 9.70 Å². The smallest absolute Gasteiger partial charge is 0.278 e. The van der Waals surface area contributed by atoms with Crippen molar-refractivity contribution in [2.24, 2.45) is 0 Å². The van der Waals surface area contributed by atoms with Gasteiger partial charge in [-0.25, -0.2) is 4.98 Å². The maximum Gasteiger partial charge on any atom is 0.278 e. The fourth-order valence-corrected chi connectivity index (χ4v) is 1.67. The van der Waals surface area contributed by atoms with Gasteiger partial charge in [-0.05, 0) is 0 Å². The van der Waals surface area contributed by atoms with Gasteiger partial charge in [0.25, 0.3) is 9.70 Å². The maximum atomic E-state index is 11.2. The van der Waals surface area contributed by atoms with Gasteiger partial charge in [-0.1, -0.05) is 34.8 Å². The van der Waals surface area contributed by atoms with Crippen molar-refractivity contribution in [2.45, 2.75) is 9.67 Å². The quantitative estimate of drug-likeness (QED) is 0.851. The van der Waals surface area contributed by atoms with Gasteiger partial charge in [0, 0.05) is 5.38 Å². The molecule has 1 heterocycles. The zero-order chi connectivity index (χ0) is 10.8. The van der Waals surface area contributed by atoms with Crippen LogP contribution in [0.15, 0.2) is 5.38 Å². The summed E-state index contributed by atoms with van der Waals surface area (Å²) in [5, 5.41) is 4.42. The molecule has 3 nitrogen and oxygen atoms in total. The number of anilines is 1. The molecule has 0 aromatic carbocycles. The van der Waals surface area contributed by atoms with E-state index >= 15 is 0 Å². The van der Waals surface area contributed by atoms with E-state index in [-0.39, 0.29) is 5.88 Å². The van der Waals surface area contributed by atoms with E-state index in [0.717, 1.165) is 0 Å². The molecule has 1 amide bonds. The van der Waals surface area contributed by atoms with E-state index in [4.69, 9.17) is 46.4 Å². The molecule has 0 aliphatic rings. The number of hydrogen-bond acceptors (Lipinski definition) is 3. The number of nitrogens with zero attached hydrogens (tertiary/aromatic N) is 1. The van der Waals surface area contributed by atoms with Crippen molar-refractivity contribution >= 4 is 68.8 Å². The summed E-state index contributed by atoms with van der Waals surface area (Å²) in [6, 6.07) is 0. The fourth-order valence-electron chi connectivity index (χ4n) is 0.594. The van der Waals surface area contributed by atoms with Gasteiger partial charge >= 0.3 is 0 Å². The molecule has 0 saturated heterocycles. The van der Waals surface area contributed by atoms with E-state index in [9.17, 15) is 4.79 Å². The second kappa shape index (κ2) is 4.86. The molecule has 78 valence electrons. The second-order valence-electron chi connectivity index (χ2n) is 2.23. The Labute approximate surface area is 104 Å². The topological polar surface area (TPSA) is 42.0 Å². The minimum absolute atomic E-state index is 0.278. The van der Waals surface area contributed by atoms with E-state index in [0.29, 0.717) is 10.8 Å². The molecule has 0 fully saturated rings. The van der Waals surface area contributed by atoms with Crippen LogP contribution in [-0.4, -0.2) is 14.7 Å². The lowest BCUT2D eigenvalue weighted by atomic mass is 10.6. The lowest BCUT2D eigenvalue weighted by Gasteiger charge is -2.08. The zero-order valence-corrected chi connectivity index (χ0v) is 10.4. The lowest BCUT2D eigenvalue weighted by molar-refractivity contribution is -0.115. The summed E-state index contributed by atoms with van der Waals surface area (Å²) in [4.78, 5) is 15.1. The van der Waals surface area contributed by atoms with Crippen molar-refractivity contribution in [1.29, 1.82) is 0 Å². The minimum atomic E-state index is -1.98. The van der Waals surface area contributed by atoms with Crippen LogP contribution >= 0.6 is 57.7 Å². The molecule has 0 spiro atoms. The van der Waals surface area contributed by atoms with Gasteiger partial charge in [0.1, 0.15) is 0 Å². The average Bonchev–Trinajstić information content (AvgIpc) is 2.50. The van der Waals surface area contributed by atoms with Gasteiger partial charge in [-0.2, -0.15) is 0 Å². The first-order valence-corrected chi connectivity index (χ1v) is 5.87. The van der Waals surface area contributed by atoms with E-state index in [1.807, 2.05) is 0 Å². The summed E-state index contributed by atoms with van der Waals surface area (Å²) in [6.45, 7) is 0. The molecule has 1 aromatic heterocycles. The largest absolute Gasteiger partial charge is 0.298 e. The van der Waals surface area contributed by atoms with Gasteiger partial charge in [-0.3, -0.25) is 10.1 Å². The maximum absolute atomic E-state index is 11.2. The van der Waals surface area contributed by atoms with Crippen molar-refractivity contribution in [3.8, 4) is 0 Å². The number of aromatic nitrogens is 1. The highest BCUT2D eigenvalue weighted by Gasteiger charge is 2.31. The third kappa shape index (κ3) is 3.44. The molecule has 0 aliphatic carbocycles. The molecule has 0 saturated carbocycles. The summed E-state index contributed by atoms with van der Waals surface area (Å²) in [6.07, 6.45) is 0. The number of rotatable bonds is 2. The Morgan fingerprint density at radius 2 is 2.21 bits per heavy atom. The number of carbonyl (C=O) groups is 1. The van der Waals surface area contributed by atoms with Crippen molar-refractivity contribution in [3.05, 3.63) is 11.1 Å². The zero-order valence-electron chi connectivity index (χ0n) is 6.56. The molecule has 0 bridgehead atoms. The summed E-state index contributed by atoms with van der Waals surface area (Å²) < 4.78 is -1.98. The summed E-state index contributed by atoms with van der Waals surface area (Å²) in [5.41, 5.74) is 0.663. The highest BCUT2D eigenvalue weighted by atomic mass is 35.6. The van der Waals surface area contributed by atoms with Gasteiger partial charge in [-0.15, -0.1) is 22.9 Å². The molecule has 1 N–H and O–H groups in total. The van der Waals surface area contributed by atoms with E-state index in [2.05, 4.69) is 10.3 Å². The number of carbonyl (C=O) groups excluding carboxylic acids is 1. The summed E-state index contributed by atoms with van der Waals surface area (Å²) >= 11 is 22.8. The Hall–Kier alpha value is 0.260. The monoisotopic (exact) mass is 292 g/mol. The number of amides is 1. The molecule has 14 heavy (non-hydrogen) atoms. The van der Waals surface area contributed by atoms with Crippen LogP contribution in [0.5, 0.6) is 0 Å². The van der Waals surface area contributed by atoms with Crippen LogP contribution in [-0.2, 0) is 10.7 Å². The van der Waals surface area contributed by atoms with Crippen LogP contribution in [0.2, 0.25) is 0 Å². The Morgan fingerprint density at radius 1 is 1.57 bits per heavy atom. The third-order valence-corrected chi connectivity index (χ3v) is 2.76. The second-order valence-corrected chi connectivity index (χ2v) is 5.64. The van der Waals surface area contributed by atoms with E-state index in [1.54, 1.807) is 5.38 Å². The molecule has 0 atom stereocenters. The predicted octanol–water partition coefficient (Wildman–Crippen LogP) is 3.19. The number of hydrogen-bond donors (Lipinski definition) is 1. The standard InChI is InChI=1S/C6H4Cl4N2OS/c7-1-3-2-14-5(11-3)12-4(13)6(8,9)10/h2H,1H2,(H,11,12,13). The fraction of sp³-hybridized carbons (Fsp3) is 0.333. The van der Waals surface area contributed by atoms with Crippen molar-refractivity contribution in [2.75, 3.05) is 5.32 Å². The van der Waals surface area contributed by atoms with Gasteiger partial charge in [0.05, 0.1) is 11.6 Å². The van der Waals surface area contributed by atoms with Crippen molar-refractivity contribution < 1.29 is 4.79 Å². The first-order valence-electron chi connectivity index (χ1n) is 3.32. The van der Waals surface area contributed by atoms with Crippen LogP contribution < -0.4 is 5.32 Å². The molecule has 8 heteroatoms. The Morgan fingerprint density at radius 3 is 2.64 bits per heavy atom. The predicted molar refractivity (Wildman–Crippen MR) is 60.6 cm³/mol. The molecular weight excluding hydrogens is 290 g/mol. The van der Waals surface area contributed by atoms with Crippen molar-refractivity contribution in [3.63, 3.8) is 0 Å².